The fourth-order valence-electron chi connectivity index (χ4n) is 1.62. The number of benzene rings is 1. The highest BCUT2D eigenvalue weighted by Crippen LogP contribution is 2.24. The van der Waals surface area contributed by atoms with Gasteiger partial charge in [0.15, 0.2) is 0 Å². The summed E-state index contributed by atoms with van der Waals surface area (Å²) >= 11 is 8.24. The zero-order valence-corrected chi connectivity index (χ0v) is 12.2. The molecule has 1 atom stereocenters. The minimum atomic E-state index is -0.114. The Morgan fingerprint density at radius 3 is 2.94 bits per heavy atom. The van der Waals surface area contributed by atoms with Crippen molar-refractivity contribution in [2.75, 3.05) is 0 Å². The quantitative estimate of drug-likeness (QED) is 0.853. The van der Waals surface area contributed by atoms with Gasteiger partial charge in [0, 0.05) is 34.3 Å². The van der Waals surface area contributed by atoms with Crippen LogP contribution >= 0.6 is 34.2 Å². The van der Waals surface area contributed by atoms with Crippen molar-refractivity contribution in [2.45, 2.75) is 12.5 Å². The van der Waals surface area contributed by atoms with Crippen LogP contribution in [0, 0.1) is 3.57 Å². The highest BCUT2D eigenvalue weighted by atomic mass is 127. The van der Waals surface area contributed by atoms with E-state index in [0.717, 1.165) is 14.8 Å². The summed E-state index contributed by atoms with van der Waals surface area (Å²) in [7, 11) is 1.84. The Morgan fingerprint density at radius 2 is 2.29 bits per heavy atom. The lowest BCUT2D eigenvalue weighted by atomic mass is 10.0. The summed E-state index contributed by atoms with van der Waals surface area (Å²) in [5.74, 6) is 0. The Labute approximate surface area is 118 Å². The molecule has 0 fully saturated rings. The molecule has 4 nitrogen and oxygen atoms in total. The van der Waals surface area contributed by atoms with E-state index < -0.39 is 0 Å². The standard InChI is InChI=1S/C11H12ClIN4/c1-17-6-8(15-16-17)5-11(14)9-4-7(12)2-3-10(9)13/h2-4,6,11H,5,14H2,1H3. The summed E-state index contributed by atoms with van der Waals surface area (Å²) in [6.07, 6.45) is 2.53. The number of rotatable bonds is 3. The van der Waals surface area contributed by atoms with Gasteiger partial charge >= 0.3 is 0 Å². The lowest BCUT2D eigenvalue weighted by Gasteiger charge is -2.12. The maximum atomic E-state index is 6.17. The third-order valence-electron chi connectivity index (χ3n) is 2.44. The first-order valence-electron chi connectivity index (χ1n) is 5.12. The summed E-state index contributed by atoms with van der Waals surface area (Å²) in [5.41, 5.74) is 8.10. The molecule has 1 heterocycles. The van der Waals surface area contributed by atoms with Gasteiger partial charge in [0.2, 0.25) is 0 Å². The summed E-state index contributed by atoms with van der Waals surface area (Å²) in [4.78, 5) is 0. The average Bonchev–Trinajstić information content (AvgIpc) is 2.67. The van der Waals surface area contributed by atoms with Crippen LogP contribution in [-0.4, -0.2) is 15.0 Å². The molecular weight excluding hydrogens is 351 g/mol. The number of nitrogens with two attached hydrogens (primary N) is 1. The predicted molar refractivity (Wildman–Crippen MR) is 75.8 cm³/mol. The molecule has 0 aliphatic rings. The third-order valence-corrected chi connectivity index (χ3v) is 3.65. The van der Waals surface area contributed by atoms with Crippen LogP contribution in [0.2, 0.25) is 5.02 Å². The van der Waals surface area contributed by atoms with E-state index in [1.807, 2.05) is 31.4 Å². The molecule has 1 aromatic carbocycles. The molecular formula is C11H12ClIN4. The lowest BCUT2D eigenvalue weighted by Crippen LogP contribution is -2.15. The summed E-state index contributed by atoms with van der Waals surface area (Å²) < 4.78 is 2.79. The van der Waals surface area contributed by atoms with Gasteiger partial charge in [-0.3, -0.25) is 4.68 Å². The van der Waals surface area contributed by atoms with Gasteiger partial charge in [-0.05, 0) is 46.4 Å². The van der Waals surface area contributed by atoms with Crippen molar-refractivity contribution < 1.29 is 0 Å². The van der Waals surface area contributed by atoms with Gasteiger partial charge in [0.1, 0.15) is 0 Å². The lowest BCUT2D eigenvalue weighted by molar-refractivity contribution is 0.691. The first-order valence-corrected chi connectivity index (χ1v) is 6.57. The molecule has 0 aliphatic heterocycles. The van der Waals surface area contributed by atoms with Crippen LogP contribution in [0.4, 0.5) is 0 Å². The molecule has 1 aromatic heterocycles. The highest BCUT2D eigenvalue weighted by molar-refractivity contribution is 14.1. The molecule has 0 aliphatic carbocycles. The second-order valence-electron chi connectivity index (χ2n) is 3.86. The monoisotopic (exact) mass is 362 g/mol. The van der Waals surface area contributed by atoms with Gasteiger partial charge in [-0.25, -0.2) is 0 Å². The summed E-state index contributed by atoms with van der Waals surface area (Å²) in [6, 6.07) is 5.62. The molecule has 0 saturated carbocycles. The van der Waals surface area contributed by atoms with Crippen LogP contribution in [0.15, 0.2) is 24.4 Å². The van der Waals surface area contributed by atoms with Crippen LogP contribution in [0.25, 0.3) is 0 Å². The molecule has 0 amide bonds. The van der Waals surface area contributed by atoms with Crippen molar-refractivity contribution in [2.24, 2.45) is 12.8 Å². The van der Waals surface area contributed by atoms with Crippen molar-refractivity contribution in [1.29, 1.82) is 0 Å². The van der Waals surface area contributed by atoms with Crippen molar-refractivity contribution >= 4 is 34.2 Å². The molecule has 2 N–H and O–H groups in total. The van der Waals surface area contributed by atoms with E-state index in [0.29, 0.717) is 11.4 Å². The molecule has 0 spiro atoms. The molecule has 0 bridgehead atoms. The fourth-order valence-corrected chi connectivity index (χ4v) is 2.54. The Bertz CT molecular complexity index is 526. The highest BCUT2D eigenvalue weighted by Gasteiger charge is 2.13. The van der Waals surface area contributed by atoms with Gasteiger partial charge < -0.3 is 5.73 Å². The minimum Gasteiger partial charge on any atom is -0.324 e. The third kappa shape index (κ3) is 3.17. The SMILES string of the molecule is Cn1cc(CC(N)c2cc(Cl)ccc2I)nn1. The zero-order chi connectivity index (χ0) is 12.4. The Kier molecular flexibility index (Phi) is 4.01. The topological polar surface area (TPSA) is 56.7 Å². The molecule has 2 rings (SSSR count). The number of aryl methyl sites for hydroxylation is 1. The van der Waals surface area contributed by atoms with Gasteiger partial charge in [-0.1, -0.05) is 16.8 Å². The van der Waals surface area contributed by atoms with E-state index in [1.165, 1.54) is 0 Å². The first kappa shape index (κ1) is 12.8. The average molecular weight is 363 g/mol. The summed E-state index contributed by atoms with van der Waals surface area (Å²) in [5, 5.41) is 8.62. The molecule has 90 valence electrons. The number of nitrogens with zero attached hydrogens (tertiary/aromatic N) is 3. The fraction of sp³-hybridized carbons (Fsp3) is 0.273. The van der Waals surface area contributed by atoms with Gasteiger partial charge in [0.25, 0.3) is 0 Å². The molecule has 17 heavy (non-hydrogen) atoms. The normalized spacial score (nSPS) is 12.7. The molecule has 6 heteroatoms. The van der Waals surface area contributed by atoms with Crippen molar-refractivity contribution in [3.05, 3.63) is 44.2 Å². The van der Waals surface area contributed by atoms with Gasteiger partial charge in [0.05, 0.1) is 5.69 Å². The Morgan fingerprint density at radius 1 is 1.53 bits per heavy atom. The second kappa shape index (κ2) is 5.32. The van der Waals surface area contributed by atoms with Crippen LogP contribution < -0.4 is 5.73 Å². The smallest absolute Gasteiger partial charge is 0.0845 e. The van der Waals surface area contributed by atoms with E-state index in [9.17, 15) is 0 Å². The predicted octanol–water partition coefficient (Wildman–Crippen LogP) is 2.32. The van der Waals surface area contributed by atoms with Crippen LogP contribution in [-0.2, 0) is 13.5 Å². The summed E-state index contributed by atoms with van der Waals surface area (Å²) in [6.45, 7) is 0. The van der Waals surface area contributed by atoms with E-state index in [4.69, 9.17) is 17.3 Å². The molecule has 0 saturated heterocycles. The van der Waals surface area contributed by atoms with Gasteiger partial charge in [-0.15, -0.1) is 5.10 Å². The van der Waals surface area contributed by atoms with Crippen LogP contribution in [0.5, 0.6) is 0 Å². The second-order valence-corrected chi connectivity index (χ2v) is 5.46. The Balaban J connectivity index is 2.19. The van der Waals surface area contributed by atoms with E-state index in [1.54, 1.807) is 4.68 Å². The van der Waals surface area contributed by atoms with E-state index >= 15 is 0 Å². The maximum absolute atomic E-state index is 6.17. The number of halogens is 2. The number of aromatic nitrogens is 3. The zero-order valence-electron chi connectivity index (χ0n) is 9.27. The van der Waals surface area contributed by atoms with Crippen molar-refractivity contribution in [3.8, 4) is 0 Å². The van der Waals surface area contributed by atoms with E-state index in [2.05, 4.69) is 32.9 Å². The molecule has 1 unspecified atom stereocenters. The first-order chi connectivity index (χ1) is 8.06. The van der Waals surface area contributed by atoms with Crippen molar-refractivity contribution in [1.82, 2.24) is 15.0 Å². The van der Waals surface area contributed by atoms with E-state index in [-0.39, 0.29) is 6.04 Å². The largest absolute Gasteiger partial charge is 0.324 e. The number of hydrogen-bond donors (Lipinski definition) is 1. The minimum absolute atomic E-state index is 0.114. The van der Waals surface area contributed by atoms with Crippen LogP contribution in [0.3, 0.4) is 0 Å². The van der Waals surface area contributed by atoms with Crippen molar-refractivity contribution in [3.63, 3.8) is 0 Å². The maximum Gasteiger partial charge on any atom is 0.0845 e. The Hall–Kier alpha value is -0.660. The molecule has 0 radical (unpaired) electrons. The van der Waals surface area contributed by atoms with Gasteiger partial charge in [-0.2, -0.15) is 0 Å². The molecule has 2 aromatic rings. The van der Waals surface area contributed by atoms with Crippen LogP contribution in [0.1, 0.15) is 17.3 Å². The number of hydrogen-bond acceptors (Lipinski definition) is 3.